The van der Waals surface area contributed by atoms with E-state index in [1.165, 1.54) is 77.5 Å². The molecule has 2 heteroatoms. The van der Waals surface area contributed by atoms with E-state index in [2.05, 4.69) is 31.0 Å². The Balaban J connectivity index is 1.56. The van der Waals surface area contributed by atoms with Crippen molar-refractivity contribution in [1.82, 2.24) is 10.2 Å². The molecule has 1 aliphatic heterocycles. The predicted octanol–water partition coefficient (Wildman–Crippen LogP) is 4.06. The average Bonchev–Trinajstić information content (AvgIpc) is 3.27. The van der Waals surface area contributed by atoms with E-state index in [1.54, 1.807) is 0 Å². The number of nitrogens with one attached hydrogen (secondary N) is 1. The monoisotopic (exact) mass is 292 g/mol. The van der Waals surface area contributed by atoms with E-state index in [0.717, 1.165) is 12.0 Å². The summed E-state index contributed by atoms with van der Waals surface area (Å²) in [4.78, 5) is 2.79. The van der Waals surface area contributed by atoms with Crippen molar-refractivity contribution in [1.29, 1.82) is 0 Å². The summed E-state index contributed by atoms with van der Waals surface area (Å²) >= 11 is 0. The zero-order valence-electron chi connectivity index (χ0n) is 14.6. The van der Waals surface area contributed by atoms with Crippen molar-refractivity contribution in [2.75, 3.05) is 26.2 Å². The molecule has 0 radical (unpaired) electrons. The molecule has 3 aliphatic rings. The summed E-state index contributed by atoms with van der Waals surface area (Å²) in [6, 6.07) is 0.863. The number of rotatable bonds is 5. The van der Waals surface area contributed by atoms with Crippen LogP contribution in [0.2, 0.25) is 0 Å². The lowest BCUT2D eigenvalue weighted by molar-refractivity contribution is 0.0507. The molecule has 0 aromatic carbocycles. The number of hydrogen-bond acceptors (Lipinski definition) is 2. The molecule has 2 aliphatic carbocycles. The molecule has 0 aromatic heterocycles. The predicted molar refractivity (Wildman–Crippen MR) is 90.5 cm³/mol. The van der Waals surface area contributed by atoms with Gasteiger partial charge >= 0.3 is 0 Å². The fourth-order valence-electron chi connectivity index (χ4n) is 4.20. The molecule has 1 N–H and O–H groups in total. The fraction of sp³-hybridized carbons (Fsp3) is 1.00. The zero-order valence-corrected chi connectivity index (χ0v) is 14.6. The van der Waals surface area contributed by atoms with Crippen LogP contribution in [-0.2, 0) is 0 Å². The lowest BCUT2D eigenvalue weighted by Gasteiger charge is -2.46. The number of likely N-dealkylation sites (tertiary alicyclic amines) is 1. The summed E-state index contributed by atoms with van der Waals surface area (Å²) in [5, 5.41) is 3.86. The number of hydrogen-bond donors (Lipinski definition) is 1. The summed E-state index contributed by atoms with van der Waals surface area (Å²) in [5.74, 6) is 0.958. The lowest BCUT2D eigenvalue weighted by atomic mass is 9.70. The maximum atomic E-state index is 3.86. The van der Waals surface area contributed by atoms with Crippen molar-refractivity contribution in [2.24, 2.45) is 16.7 Å². The van der Waals surface area contributed by atoms with Gasteiger partial charge < -0.3 is 10.2 Å². The average molecular weight is 293 g/mol. The topological polar surface area (TPSA) is 15.3 Å². The van der Waals surface area contributed by atoms with Gasteiger partial charge in [0.05, 0.1) is 0 Å². The summed E-state index contributed by atoms with van der Waals surface area (Å²) < 4.78 is 0. The summed E-state index contributed by atoms with van der Waals surface area (Å²) in [5.41, 5.74) is 1.16. The molecule has 1 heterocycles. The van der Waals surface area contributed by atoms with Gasteiger partial charge in [0, 0.05) is 19.1 Å². The highest BCUT2D eigenvalue weighted by Crippen LogP contribution is 2.41. The van der Waals surface area contributed by atoms with Gasteiger partial charge in [-0.2, -0.15) is 0 Å². The Kier molecular flexibility index (Phi) is 4.66. The van der Waals surface area contributed by atoms with E-state index in [0.29, 0.717) is 10.8 Å². The standard InChI is InChI=1S/C19H36N2/c1-16-6-8-19(9-7-16,14-20-17-4-5-17)15-21-12-10-18(2,3)11-13-21/h16-17,20H,4-15H2,1-3H3. The normalized spacial score (nSPS) is 37.6. The molecule has 0 aromatic rings. The summed E-state index contributed by atoms with van der Waals surface area (Å²) in [6.45, 7) is 12.6. The molecule has 1 saturated heterocycles. The molecule has 3 fully saturated rings. The minimum absolute atomic E-state index is 0.580. The fourth-order valence-corrected chi connectivity index (χ4v) is 4.20. The molecule has 21 heavy (non-hydrogen) atoms. The molecule has 122 valence electrons. The van der Waals surface area contributed by atoms with Crippen molar-refractivity contribution in [3.63, 3.8) is 0 Å². The molecule has 0 bridgehead atoms. The van der Waals surface area contributed by atoms with E-state index in [9.17, 15) is 0 Å². The van der Waals surface area contributed by atoms with Crippen LogP contribution in [0.3, 0.4) is 0 Å². The van der Waals surface area contributed by atoms with Crippen LogP contribution in [0.25, 0.3) is 0 Å². The first-order valence-corrected chi connectivity index (χ1v) is 9.42. The third-order valence-corrected chi connectivity index (χ3v) is 6.45. The molecule has 3 rings (SSSR count). The summed E-state index contributed by atoms with van der Waals surface area (Å²) in [7, 11) is 0. The summed E-state index contributed by atoms with van der Waals surface area (Å²) in [6.07, 6.45) is 11.4. The molecular formula is C19H36N2. The van der Waals surface area contributed by atoms with Gasteiger partial charge in [0.15, 0.2) is 0 Å². The van der Waals surface area contributed by atoms with Crippen LogP contribution < -0.4 is 5.32 Å². The Morgan fingerprint density at radius 3 is 2.14 bits per heavy atom. The first kappa shape index (κ1) is 15.8. The first-order chi connectivity index (χ1) is 9.96. The smallest absolute Gasteiger partial charge is 0.00684 e. The van der Waals surface area contributed by atoms with Crippen molar-refractivity contribution >= 4 is 0 Å². The molecular weight excluding hydrogens is 256 g/mol. The maximum absolute atomic E-state index is 3.86. The van der Waals surface area contributed by atoms with Crippen LogP contribution in [0.1, 0.15) is 72.1 Å². The van der Waals surface area contributed by atoms with Gasteiger partial charge in [-0.15, -0.1) is 0 Å². The van der Waals surface area contributed by atoms with Crippen molar-refractivity contribution in [2.45, 2.75) is 78.2 Å². The van der Waals surface area contributed by atoms with E-state index in [4.69, 9.17) is 0 Å². The number of nitrogens with zero attached hydrogens (tertiary/aromatic N) is 1. The second-order valence-electron chi connectivity index (χ2n) is 9.28. The minimum atomic E-state index is 0.580. The molecule has 0 unspecified atom stereocenters. The van der Waals surface area contributed by atoms with Crippen molar-refractivity contribution < 1.29 is 0 Å². The SMILES string of the molecule is CC1CCC(CNC2CC2)(CN2CCC(C)(C)CC2)CC1. The highest BCUT2D eigenvalue weighted by Gasteiger charge is 2.38. The van der Waals surface area contributed by atoms with Gasteiger partial charge in [0.2, 0.25) is 0 Å². The van der Waals surface area contributed by atoms with Crippen LogP contribution >= 0.6 is 0 Å². The Morgan fingerprint density at radius 2 is 1.57 bits per heavy atom. The molecule has 2 saturated carbocycles. The minimum Gasteiger partial charge on any atom is -0.313 e. The van der Waals surface area contributed by atoms with Gasteiger partial charge in [0.25, 0.3) is 0 Å². The number of piperidine rings is 1. The van der Waals surface area contributed by atoms with Crippen molar-refractivity contribution in [3.05, 3.63) is 0 Å². The van der Waals surface area contributed by atoms with E-state index < -0.39 is 0 Å². The van der Waals surface area contributed by atoms with Gasteiger partial charge in [0.1, 0.15) is 0 Å². The third kappa shape index (κ3) is 4.45. The quantitative estimate of drug-likeness (QED) is 0.822. The van der Waals surface area contributed by atoms with Crippen LogP contribution in [0.4, 0.5) is 0 Å². The van der Waals surface area contributed by atoms with E-state index in [-0.39, 0.29) is 0 Å². The Bertz CT molecular complexity index is 327. The molecule has 0 amide bonds. The van der Waals surface area contributed by atoms with E-state index >= 15 is 0 Å². The van der Waals surface area contributed by atoms with Crippen molar-refractivity contribution in [3.8, 4) is 0 Å². The molecule has 0 atom stereocenters. The van der Waals surface area contributed by atoms with E-state index in [1.807, 2.05) is 0 Å². The van der Waals surface area contributed by atoms with Crippen LogP contribution in [0.5, 0.6) is 0 Å². The van der Waals surface area contributed by atoms with Gasteiger partial charge in [-0.1, -0.05) is 33.6 Å². The van der Waals surface area contributed by atoms with Gasteiger partial charge in [-0.25, -0.2) is 0 Å². The van der Waals surface area contributed by atoms with Crippen LogP contribution in [0, 0.1) is 16.7 Å². The Hall–Kier alpha value is -0.0800. The highest BCUT2D eigenvalue weighted by molar-refractivity contribution is 4.93. The second kappa shape index (κ2) is 6.20. The Labute approximate surface area is 132 Å². The highest BCUT2D eigenvalue weighted by atomic mass is 15.1. The largest absolute Gasteiger partial charge is 0.313 e. The van der Waals surface area contributed by atoms with Crippen LogP contribution in [-0.4, -0.2) is 37.1 Å². The first-order valence-electron chi connectivity index (χ1n) is 9.42. The molecule has 0 spiro atoms. The zero-order chi connectivity index (χ0) is 14.9. The third-order valence-electron chi connectivity index (χ3n) is 6.45. The van der Waals surface area contributed by atoms with Gasteiger partial charge in [-0.05, 0) is 68.4 Å². The lowest BCUT2D eigenvalue weighted by Crippen LogP contribution is -2.49. The second-order valence-corrected chi connectivity index (χ2v) is 9.28. The Morgan fingerprint density at radius 1 is 0.952 bits per heavy atom. The van der Waals surface area contributed by atoms with Gasteiger partial charge in [-0.3, -0.25) is 0 Å². The molecule has 2 nitrogen and oxygen atoms in total. The maximum Gasteiger partial charge on any atom is 0.00684 e. The van der Waals surface area contributed by atoms with Crippen LogP contribution in [0.15, 0.2) is 0 Å².